The van der Waals surface area contributed by atoms with Gasteiger partial charge in [-0.05, 0) is 18.8 Å². The van der Waals surface area contributed by atoms with Crippen LogP contribution in [0.5, 0.6) is 0 Å². The lowest BCUT2D eigenvalue weighted by atomic mass is 10.1. The first-order valence-electron chi connectivity index (χ1n) is 5.00. The Kier molecular flexibility index (Phi) is 4.04. The molecule has 1 rings (SSSR count). The number of carbonyl (C=O) groups is 1. The maximum atomic E-state index is 11.7. The van der Waals surface area contributed by atoms with Crippen LogP contribution in [0, 0.1) is 5.92 Å². The molecule has 0 aliphatic carbocycles. The van der Waals surface area contributed by atoms with Crippen LogP contribution in [0.25, 0.3) is 0 Å². The zero-order valence-electron chi connectivity index (χ0n) is 8.42. The summed E-state index contributed by atoms with van der Waals surface area (Å²) in [6, 6.07) is 0.299. The summed E-state index contributed by atoms with van der Waals surface area (Å²) in [5.41, 5.74) is 0. The number of hydrogen-bond acceptors (Lipinski definition) is 1. The van der Waals surface area contributed by atoms with Gasteiger partial charge in [-0.15, -0.1) is 11.6 Å². The molecule has 0 aromatic heterocycles. The van der Waals surface area contributed by atoms with Gasteiger partial charge in [0.25, 0.3) is 0 Å². The highest BCUT2D eigenvalue weighted by molar-refractivity contribution is 6.18. The summed E-state index contributed by atoms with van der Waals surface area (Å²) in [6.07, 6.45) is 2.85. The second-order valence-electron chi connectivity index (χ2n) is 4.14. The molecule has 0 radical (unpaired) electrons. The molecule has 0 bridgehead atoms. The molecular formula is C10H18ClNO. The highest BCUT2D eigenvalue weighted by atomic mass is 35.5. The number of rotatable bonds is 3. The minimum absolute atomic E-state index is 0.276. The number of alkyl halides is 1. The maximum absolute atomic E-state index is 11.7. The summed E-state index contributed by atoms with van der Waals surface area (Å²) in [5.74, 6) is 1.31. The van der Waals surface area contributed by atoms with E-state index < -0.39 is 0 Å². The number of halogens is 1. The molecule has 1 saturated heterocycles. The SMILES string of the molecule is CC(C)CC(=O)N1CCCC1CCl. The smallest absolute Gasteiger partial charge is 0.223 e. The number of likely N-dealkylation sites (tertiary alicyclic amines) is 1. The molecule has 1 fully saturated rings. The van der Waals surface area contributed by atoms with Crippen molar-refractivity contribution in [2.45, 2.75) is 39.2 Å². The molecule has 0 aromatic carbocycles. The standard InChI is InChI=1S/C10H18ClNO/c1-8(2)6-10(13)12-5-3-4-9(12)7-11/h8-9H,3-7H2,1-2H3. The topological polar surface area (TPSA) is 20.3 Å². The van der Waals surface area contributed by atoms with Crippen molar-refractivity contribution >= 4 is 17.5 Å². The first-order chi connectivity index (χ1) is 6.15. The third-order valence-electron chi connectivity index (χ3n) is 2.46. The Labute approximate surface area is 85.2 Å². The van der Waals surface area contributed by atoms with E-state index in [9.17, 15) is 4.79 Å². The summed E-state index contributed by atoms with van der Waals surface area (Å²) in [4.78, 5) is 13.6. The molecule has 1 aliphatic heterocycles. The second-order valence-corrected chi connectivity index (χ2v) is 4.44. The van der Waals surface area contributed by atoms with Crippen LogP contribution in [0.3, 0.4) is 0 Å². The molecule has 3 heteroatoms. The van der Waals surface area contributed by atoms with E-state index >= 15 is 0 Å². The molecule has 1 unspecified atom stereocenters. The van der Waals surface area contributed by atoms with Crippen LogP contribution in [-0.4, -0.2) is 29.3 Å². The van der Waals surface area contributed by atoms with Crippen molar-refractivity contribution in [2.75, 3.05) is 12.4 Å². The summed E-state index contributed by atoms with van der Waals surface area (Å²) < 4.78 is 0. The Bertz CT molecular complexity index is 182. The number of hydrogen-bond donors (Lipinski definition) is 0. The summed E-state index contributed by atoms with van der Waals surface area (Å²) in [7, 11) is 0. The lowest BCUT2D eigenvalue weighted by Gasteiger charge is -2.23. The largest absolute Gasteiger partial charge is 0.339 e. The fourth-order valence-electron chi connectivity index (χ4n) is 1.79. The average Bonchev–Trinajstić information content (AvgIpc) is 2.49. The summed E-state index contributed by atoms with van der Waals surface area (Å²) in [6.45, 7) is 5.05. The Morgan fingerprint density at radius 2 is 2.31 bits per heavy atom. The summed E-state index contributed by atoms with van der Waals surface area (Å²) >= 11 is 5.79. The van der Waals surface area contributed by atoms with Gasteiger partial charge >= 0.3 is 0 Å². The van der Waals surface area contributed by atoms with E-state index in [1.54, 1.807) is 0 Å². The van der Waals surface area contributed by atoms with Crippen LogP contribution in [0.15, 0.2) is 0 Å². The van der Waals surface area contributed by atoms with Crippen molar-refractivity contribution in [3.05, 3.63) is 0 Å². The van der Waals surface area contributed by atoms with Gasteiger partial charge < -0.3 is 4.90 Å². The zero-order valence-corrected chi connectivity index (χ0v) is 9.18. The van der Waals surface area contributed by atoms with Crippen molar-refractivity contribution in [1.29, 1.82) is 0 Å². The highest BCUT2D eigenvalue weighted by Crippen LogP contribution is 2.20. The van der Waals surface area contributed by atoms with Crippen molar-refractivity contribution in [3.8, 4) is 0 Å². The first kappa shape index (κ1) is 10.8. The number of carbonyl (C=O) groups excluding carboxylic acids is 1. The fourth-order valence-corrected chi connectivity index (χ4v) is 2.11. The fraction of sp³-hybridized carbons (Fsp3) is 0.900. The Balaban J connectivity index is 2.45. The Hall–Kier alpha value is -0.240. The minimum Gasteiger partial charge on any atom is -0.339 e. The Morgan fingerprint density at radius 1 is 1.62 bits per heavy atom. The molecule has 1 aliphatic rings. The zero-order chi connectivity index (χ0) is 9.84. The number of amides is 1. The highest BCUT2D eigenvalue weighted by Gasteiger charge is 2.27. The average molecular weight is 204 g/mol. The molecule has 1 amide bonds. The van der Waals surface area contributed by atoms with Gasteiger partial charge in [-0.3, -0.25) is 4.79 Å². The van der Waals surface area contributed by atoms with Gasteiger partial charge in [-0.2, -0.15) is 0 Å². The van der Waals surface area contributed by atoms with E-state index in [1.807, 2.05) is 4.90 Å². The van der Waals surface area contributed by atoms with Gasteiger partial charge in [0.2, 0.25) is 5.91 Å². The van der Waals surface area contributed by atoms with Crippen molar-refractivity contribution < 1.29 is 4.79 Å². The van der Waals surface area contributed by atoms with Gasteiger partial charge in [-0.1, -0.05) is 13.8 Å². The molecule has 0 N–H and O–H groups in total. The number of nitrogens with zero attached hydrogens (tertiary/aromatic N) is 1. The van der Waals surface area contributed by atoms with Crippen LogP contribution < -0.4 is 0 Å². The normalized spacial score (nSPS) is 22.8. The molecule has 0 spiro atoms. The molecule has 1 atom stereocenters. The van der Waals surface area contributed by atoms with E-state index in [0.717, 1.165) is 19.4 Å². The molecule has 0 saturated carbocycles. The lowest BCUT2D eigenvalue weighted by molar-refractivity contribution is -0.132. The summed E-state index contributed by atoms with van der Waals surface area (Å²) in [5, 5.41) is 0. The molecule has 1 heterocycles. The van der Waals surface area contributed by atoms with E-state index in [4.69, 9.17) is 11.6 Å². The molecule has 2 nitrogen and oxygen atoms in total. The van der Waals surface area contributed by atoms with E-state index in [2.05, 4.69) is 13.8 Å². The predicted octanol–water partition coefficient (Wildman–Crippen LogP) is 2.26. The van der Waals surface area contributed by atoms with Crippen molar-refractivity contribution in [1.82, 2.24) is 4.90 Å². The monoisotopic (exact) mass is 203 g/mol. The van der Waals surface area contributed by atoms with Crippen LogP contribution in [0.4, 0.5) is 0 Å². The Morgan fingerprint density at radius 3 is 2.85 bits per heavy atom. The van der Waals surface area contributed by atoms with E-state index in [1.165, 1.54) is 0 Å². The van der Waals surface area contributed by atoms with Crippen LogP contribution in [0.2, 0.25) is 0 Å². The molecule has 13 heavy (non-hydrogen) atoms. The molecule has 76 valence electrons. The second kappa shape index (κ2) is 4.85. The van der Waals surface area contributed by atoms with E-state index in [-0.39, 0.29) is 5.91 Å². The third kappa shape index (κ3) is 2.87. The first-order valence-corrected chi connectivity index (χ1v) is 5.54. The van der Waals surface area contributed by atoms with Crippen LogP contribution >= 0.6 is 11.6 Å². The molecular weight excluding hydrogens is 186 g/mol. The van der Waals surface area contributed by atoms with Gasteiger partial charge in [0.15, 0.2) is 0 Å². The third-order valence-corrected chi connectivity index (χ3v) is 2.81. The van der Waals surface area contributed by atoms with Gasteiger partial charge in [0.1, 0.15) is 0 Å². The van der Waals surface area contributed by atoms with Gasteiger partial charge in [0.05, 0.1) is 0 Å². The van der Waals surface area contributed by atoms with Crippen molar-refractivity contribution in [2.24, 2.45) is 5.92 Å². The minimum atomic E-state index is 0.276. The lowest BCUT2D eigenvalue weighted by Crippen LogP contribution is -2.37. The van der Waals surface area contributed by atoms with Crippen LogP contribution in [0.1, 0.15) is 33.1 Å². The van der Waals surface area contributed by atoms with Crippen molar-refractivity contribution in [3.63, 3.8) is 0 Å². The van der Waals surface area contributed by atoms with Gasteiger partial charge in [0, 0.05) is 24.9 Å². The quantitative estimate of drug-likeness (QED) is 0.645. The predicted molar refractivity (Wildman–Crippen MR) is 54.9 cm³/mol. The molecule has 0 aromatic rings. The van der Waals surface area contributed by atoms with Gasteiger partial charge in [-0.25, -0.2) is 0 Å². The van der Waals surface area contributed by atoms with Crippen LogP contribution in [-0.2, 0) is 4.79 Å². The van der Waals surface area contributed by atoms with E-state index in [0.29, 0.717) is 24.3 Å². The maximum Gasteiger partial charge on any atom is 0.223 e.